The number of rotatable bonds is 2. The van der Waals surface area contributed by atoms with Crippen molar-refractivity contribution in [2.75, 3.05) is 5.73 Å². The number of nitro groups is 1. The molecular formula is C6H5KN2O6S. The van der Waals surface area contributed by atoms with Gasteiger partial charge in [0.1, 0.15) is 15.0 Å². The molecule has 0 aliphatic rings. The van der Waals surface area contributed by atoms with Crippen molar-refractivity contribution in [1.29, 1.82) is 0 Å². The second-order valence-corrected chi connectivity index (χ2v) is 3.88. The van der Waals surface area contributed by atoms with Crippen LogP contribution in [0.4, 0.5) is 11.4 Å². The average Bonchev–Trinajstić information content (AvgIpc) is 2.00. The van der Waals surface area contributed by atoms with Gasteiger partial charge in [-0.1, -0.05) is 0 Å². The molecule has 0 bridgehead atoms. The molecule has 0 fully saturated rings. The van der Waals surface area contributed by atoms with Crippen molar-refractivity contribution >= 4 is 21.5 Å². The molecule has 0 aliphatic heterocycles. The molecular weight excluding hydrogens is 267 g/mol. The van der Waals surface area contributed by atoms with Crippen LogP contribution in [-0.4, -0.2) is 23.0 Å². The zero-order chi connectivity index (χ0) is 11.8. The van der Waals surface area contributed by atoms with E-state index in [1.54, 1.807) is 0 Å². The Bertz CT molecular complexity index is 528. The number of phenols is 1. The van der Waals surface area contributed by atoms with Crippen LogP contribution in [0.1, 0.15) is 0 Å². The molecule has 0 unspecified atom stereocenters. The van der Waals surface area contributed by atoms with E-state index in [0.29, 0.717) is 0 Å². The zero-order valence-electron chi connectivity index (χ0n) is 8.08. The molecule has 16 heavy (non-hydrogen) atoms. The fourth-order valence-electron chi connectivity index (χ4n) is 0.986. The van der Waals surface area contributed by atoms with Crippen LogP contribution in [0.15, 0.2) is 17.0 Å². The Morgan fingerprint density at radius 3 is 2.25 bits per heavy atom. The fourth-order valence-corrected chi connectivity index (χ4v) is 1.68. The van der Waals surface area contributed by atoms with Crippen LogP contribution in [0.5, 0.6) is 5.75 Å². The van der Waals surface area contributed by atoms with E-state index in [-0.39, 0.29) is 51.4 Å². The number of hydrogen-bond acceptors (Lipinski definition) is 7. The van der Waals surface area contributed by atoms with Crippen molar-refractivity contribution in [1.82, 2.24) is 0 Å². The summed E-state index contributed by atoms with van der Waals surface area (Å²) in [7, 11) is -5.05. The number of hydrogen-bond donors (Lipinski definition) is 2. The summed E-state index contributed by atoms with van der Waals surface area (Å²) in [5.41, 5.74) is 3.69. The molecule has 10 heteroatoms. The molecule has 0 amide bonds. The summed E-state index contributed by atoms with van der Waals surface area (Å²) in [4.78, 5) is 8.13. The molecule has 0 radical (unpaired) electrons. The van der Waals surface area contributed by atoms with Crippen LogP contribution in [0.2, 0.25) is 0 Å². The van der Waals surface area contributed by atoms with Gasteiger partial charge in [0.05, 0.1) is 10.6 Å². The number of anilines is 1. The first-order valence-corrected chi connectivity index (χ1v) is 4.87. The molecule has 1 rings (SSSR count). The van der Waals surface area contributed by atoms with Crippen molar-refractivity contribution in [2.24, 2.45) is 0 Å². The van der Waals surface area contributed by atoms with Gasteiger partial charge in [-0.3, -0.25) is 10.1 Å². The number of aromatic hydroxyl groups is 1. The van der Waals surface area contributed by atoms with Crippen molar-refractivity contribution < 1.29 is 74.4 Å². The Morgan fingerprint density at radius 2 is 1.88 bits per heavy atom. The van der Waals surface area contributed by atoms with Gasteiger partial charge in [-0.05, 0) is 6.07 Å². The monoisotopic (exact) mass is 272 g/mol. The molecule has 0 heterocycles. The fraction of sp³-hybridized carbons (Fsp3) is 0. The largest absolute Gasteiger partial charge is 1.00 e. The molecule has 8 nitrogen and oxygen atoms in total. The van der Waals surface area contributed by atoms with Gasteiger partial charge in [0, 0.05) is 6.07 Å². The van der Waals surface area contributed by atoms with Crippen LogP contribution in [-0.2, 0) is 10.1 Å². The summed E-state index contributed by atoms with van der Waals surface area (Å²) in [6.07, 6.45) is 0. The number of nitro benzene ring substituents is 1. The van der Waals surface area contributed by atoms with E-state index >= 15 is 0 Å². The molecule has 0 atom stereocenters. The Labute approximate surface area is 133 Å². The molecule has 1 aromatic rings. The quantitative estimate of drug-likeness (QED) is 0.189. The molecule has 0 saturated carbocycles. The van der Waals surface area contributed by atoms with E-state index in [9.17, 15) is 28.2 Å². The van der Waals surface area contributed by atoms with Gasteiger partial charge in [-0.25, -0.2) is 8.42 Å². The topological polar surface area (TPSA) is 147 Å². The number of nitrogens with zero attached hydrogens (tertiary/aromatic N) is 1. The van der Waals surface area contributed by atoms with Crippen LogP contribution in [0.3, 0.4) is 0 Å². The summed E-state index contributed by atoms with van der Waals surface area (Å²) in [5.74, 6) is -1.24. The van der Waals surface area contributed by atoms with Gasteiger partial charge in [-0.15, -0.1) is 0 Å². The number of phenolic OH excluding ortho intramolecular Hbond substituents is 1. The number of nitrogens with two attached hydrogens (primary N) is 1. The third-order valence-corrected chi connectivity index (χ3v) is 2.52. The van der Waals surface area contributed by atoms with E-state index in [1.165, 1.54) is 0 Å². The van der Waals surface area contributed by atoms with Gasteiger partial charge in [0.2, 0.25) is 5.75 Å². The predicted octanol–water partition coefficient (Wildman–Crippen LogP) is -3.21. The van der Waals surface area contributed by atoms with Crippen molar-refractivity contribution in [3.63, 3.8) is 0 Å². The van der Waals surface area contributed by atoms with E-state index < -0.39 is 37.1 Å². The maximum absolute atomic E-state index is 10.6. The molecule has 3 N–H and O–H groups in total. The predicted molar refractivity (Wildman–Crippen MR) is 47.1 cm³/mol. The van der Waals surface area contributed by atoms with Gasteiger partial charge in [0.15, 0.2) is 0 Å². The first kappa shape index (κ1) is 15.8. The first-order chi connectivity index (χ1) is 6.75. The minimum atomic E-state index is -5.05. The second-order valence-electron chi connectivity index (χ2n) is 2.56. The van der Waals surface area contributed by atoms with Crippen molar-refractivity contribution in [3.05, 3.63) is 22.2 Å². The zero-order valence-corrected chi connectivity index (χ0v) is 12.0. The van der Waals surface area contributed by atoms with Crippen LogP contribution in [0.25, 0.3) is 0 Å². The Kier molecular flexibility index (Phi) is 5.32. The Balaban J connectivity index is 0.00000225. The second kappa shape index (κ2) is 5.40. The maximum Gasteiger partial charge on any atom is 1.00 e. The summed E-state index contributed by atoms with van der Waals surface area (Å²) in [6, 6.07) is 1.67. The molecule has 0 aromatic heterocycles. The van der Waals surface area contributed by atoms with Crippen LogP contribution >= 0.6 is 0 Å². The van der Waals surface area contributed by atoms with Gasteiger partial charge in [0.25, 0.3) is 0 Å². The maximum atomic E-state index is 10.6. The van der Waals surface area contributed by atoms with Gasteiger partial charge >= 0.3 is 57.1 Å². The summed E-state index contributed by atoms with van der Waals surface area (Å²) in [6.45, 7) is 0. The van der Waals surface area contributed by atoms with Crippen molar-refractivity contribution in [2.45, 2.75) is 4.90 Å². The third kappa shape index (κ3) is 3.13. The van der Waals surface area contributed by atoms with E-state index in [2.05, 4.69) is 0 Å². The van der Waals surface area contributed by atoms with E-state index in [0.717, 1.165) is 12.1 Å². The standard InChI is InChI=1S/C6H6N2O6S.K/c7-3-1-2-4(8(10)11)5(9)6(3)15(12,13)14;/h1-2,9H,7H2,(H,12,13,14);/q;+1/p-1. The average molecular weight is 272 g/mol. The third-order valence-electron chi connectivity index (χ3n) is 1.59. The minimum Gasteiger partial charge on any atom is -0.744 e. The molecule has 82 valence electrons. The first-order valence-electron chi connectivity index (χ1n) is 3.47. The normalized spacial score (nSPS) is 10.6. The number of nitrogen functional groups attached to an aromatic ring is 1. The Hall–Kier alpha value is -0.234. The minimum absolute atomic E-state index is 0. The molecule has 1 aromatic carbocycles. The SMILES string of the molecule is Nc1ccc([N+](=O)[O-])c(O)c1S(=O)(=O)[O-].[K+]. The summed E-state index contributed by atoms with van der Waals surface area (Å²) < 4.78 is 31.9. The van der Waals surface area contributed by atoms with Crippen LogP contribution < -0.4 is 57.1 Å². The molecule has 0 saturated heterocycles. The summed E-state index contributed by atoms with van der Waals surface area (Å²) in [5, 5.41) is 19.5. The van der Waals surface area contributed by atoms with Gasteiger partial charge < -0.3 is 15.4 Å². The van der Waals surface area contributed by atoms with Crippen LogP contribution in [0, 0.1) is 10.1 Å². The number of benzene rings is 1. The molecule has 0 aliphatic carbocycles. The van der Waals surface area contributed by atoms with E-state index in [4.69, 9.17) is 5.73 Å². The smallest absolute Gasteiger partial charge is 0.744 e. The van der Waals surface area contributed by atoms with E-state index in [1.807, 2.05) is 0 Å². The van der Waals surface area contributed by atoms with Crippen molar-refractivity contribution in [3.8, 4) is 5.75 Å². The molecule has 0 spiro atoms. The van der Waals surface area contributed by atoms with Gasteiger partial charge in [-0.2, -0.15) is 0 Å². The summed E-state index contributed by atoms with van der Waals surface area (Å²) >= 11 is 0. The Morgan fingerprint density at radius 1 is 1.38 bits per heavy atom.